The summed E-state index contributed by atoms with van der Waals surface area (Å²) in [5, 5.41) is 2.65. The largest absolute Gasteiger partial charge is 0.484 e. The average Bonchev–Trinajstić information content (AvgIpc) is 2.35. The van der Waals surface area contributed by atoms with Gasteiger partial charge < -0.3 is 15.8 Å². The number of nitrogens with two attached hydrogens (primary N) is 1. The molecule has 0 aromatic heterocycles. The van der Waals surface area contributed by atoms with E-state index in [1.807, 2.05) is 13.8 Å². The van der Waals surface area contributed by atoms with E-state index in [0.29, 0.717) is 23.6 Å². The molecule has 0 heterocycles. The van der Waals surface area contributed by atoms with E-state index >= 15 is 0 Å². The maximum atomic E-state index is 12.1. The SMILES string of the molecule is Cc1cc(NC(=O)[C@@H](N)CC(C)C)ccc1OCC(F)(F)F. The molecule has 1 amide bonds. The minimum Gasteiger partial charge on any atom is -0.484 e. The van der Waals surface area contributed by atoms with Crippen molar-refractivity contribution in [1.82, 2.24) is 0 Å². The highest BCUT2D eigenvalue weighted by Crippen LogP contribution is 2.24. The summed E-state index contributed by atoms with van der Waals surface area (Å²) in [6.07, 6.45) is -3.83. The number of amides is 1. The first-order valence-electron chi connectivity index (χ1n) is 6.95. The molecule has 3 N–H and O–H groups in total. The Morgan fingerprint density at radius 1 is 1.36 bits per heavy atom. The lowest BCUT2D eigenvalue weighted by molar-refractivity contribution is -0.153. The minimum absolute atomic E-state index is 0.127. The lowest BCUT2D eigenvalue weighted by Gasteiger charge is -2.16. The number of halogens is 3. The second-order valence-corrected chi connectivity index (χ2v) is 5.61. The lowest BCUT2D eigenvalue weighted by Crippen LogP contribution is -2.36. The van der Waals surface area contributed by atoms with Crippen molar-refractivity contribution < 1.29 is 22.7 Å². The van der Waals surface area contributed by atoms with Crippen LogP contribution in [-0.2, 0) is 4.79 Å². The van der Waals surface area contributed by atoms with Crippen LogP contribution in [-0.4, -0.2) is 24.7 Å². The molecule has 0 radical (unpaired) electrons. The molecule has 0 aliphatic rings. The molecule has 0 bridgehead atoms. The number of hydrogen-bond acceptors (Lipinski definition) is 3. The molecule has 1 rings (SSSR count). The maximum Gasteiger partial charge on any atom is 0.422 e. The molecular weight excluding hydrogens is 297 g/mol. The Morgan fingerprint density at radius 2 is 2.00 bits per heavy atom. The van der Waals surface area contributed by atoms with Crippen LogP contribution in [0.3, 0.4) is 0 Å². The predicted octanol–water partition coefficient (Wildman–Crippen LogP) is 3.25. The van der Waals surface area contributed by atoms with Gasteiger partial charge in [0.15, 0.2) is 6.61 Å². The average molecular weight is 318 g/mol. The molecule has 0 fully saturated rings. The van der Waals surface area contributed by atoms with Gasteiger partial charge in [0.05, 0.1) is 6.04 Å². The molecule has 0 saturated heterocycles. The molecule has 1 aromatic carbocycles. The van der Waals surface area contributed by atoms with Crippen LogP contribution >= 0.6 is 0 Å². The normalized spacial score (nSPS) is 13.1. The van der Waals surface area contributed by atoms with Crippen molar-refractivity contribution in [3.05, 3.63) is 23.8 Å². The molecule has 7 heteroatoms. The topological polar surface area (TPSA) is 64.4 Å². The number of aryl methyl sites for hydroxylation is 1. The highest BCUT2D eigenvalue weighted by Gasteiger charge is 2.28. The zero-order chi connectivity index (χ0) is 16.9. The van der Waals surface area contributed by atoms with Crippen molar-refractivity contribution in [1.29, 1.82) is 0 Å². The van der Waals surface area contributed by atoms with Gasteiger partial charge in [0.2, 0.25) is 5.91 Å². The molecule has 0 unspecified atom stereocenters. The Balaban J connectivity index is 2.67. The second kappa shape index (κ2) is 7.49. The van der Waals surface area contributed by atoms with E-state index in [1.54, 1.807) is 13.0 Å². The van der Waals surface area contributed by atoms with Gasteiger partial charge in [0.1, 0.15) is 5.75 Å². The number of anilines is 1. The van der Waals surface area contributed by atoms with Crippen molar-refractivity contribution in [2.45, 2.75) is 39.4 Å². The fourth-order valence-electron chi connectivity index (χ4n) is 1.90. The van der Waals surface area contributed by atoms with Crippen LogP contribution in [0.5, 0.6) is 5.75 Å². The van der Waals surface area contributed by atoms with Gasteiger partial charge in [-0.2, -0.15) is 13.2 Å². The first-order chi connectivity index (χ1) is 10.1. The standard InChI is InChI=1S/C15H21F3N2O2/c1-9(2)6-12(19)14(21)20-11-4-5-13(10(3)7-11)22-8-15(16,17)18/h4-5,7,9,12H,6,8,19H2,1-3H3,(H,20,21)/t12-/m0/s1. The summed E-state index contributed by atoms with van der Waals surface area (Å²) in [5.41, 5.74) is 6.74. The van der Waals surface area contributed by atoms with Gasteiger partial charge in [-0.3, -0.25) is 4.79 Å². The minimum atomic E-state index is -4.39. The van der Waals surface area contributed by atoms with Crippen LogP contribution in [0.1, 0.15) is 25.8 Å². The van der Waals surface area contributed by atoms with Crippen molar-refractivity contribution in [2.75, 3.05) is 11.9 Å². The molecule has 1 atom stereocenters. The number of rotatable bonds is 6. The summed E-state index contributed by atoms with van der Waals surface area (Å²) < 4.78 is 41.1. The second-order valence-electron chi connectivity index (χ2n) is 5.61. The summed E-state index contributed by atoms with van der Waals surface area (Å²) in [6, 6.07) is 3.80. The quantitative estimate of drug-likeness (QED) is 0.846. The summed E-state index contributed by atoms with van der Waals surface area (Å²) in [6.45, 7) is 4.18. The molecule has 22 heavy (non-hydrogen) atoms. The Bertz CT molecular complexity index is 516. The van der Waals surface area contributed by atoms with E-state index in [0.717, 1.165) is 0 Å². The van der Waals surface area contributed by atoms with Crippen LogP contribution in [0, 0.1) is 12.8 Å². The molecule has 0 spiro atoms. The van der Waals surface area contributed by atoms with Crippen LogP contribution in [0.25, 0.3) is 0 Å². The van der Waals surface area contributed by atoms with Crippen LogP contribution < -0.4 is 15.8 Å². The molecule has 0 aliphatic heterocycles. The third-order valence-electron chi connectivity index (χ3n) is 2.90. The van der Waals surface area contributed by atoms with Gasteiger partial charge in [-0.15, -0.1) is 0 Å². The molecule has 4 nitrogen and oxygen atoms in total. The highest BCUT2D eigenvalue weighted by atomic mass is 19.4. The highest BCUT2D eigenvalue weighted by molar-refractivity contribution is 5.94. The maximum absolute atomic E-state index is 12.1. The molecule has 0 saturated carbocycles. The van der Waals surface area contributed by atoms with Crippen molar-refractivity contribution in [2.24, 2.45) is 11.7 Å². The van der Waals surface area contributed by atoms with Crippen LogP contribution in [0.15, 0.2) is 18.2 Å². The fraction of sp³-hybridized carbons (Fsp3) is 0.533. The Morgan fingerprint density at radius 3 is 2.50 bits per heavy atom. The fourth-order valence-corrected chi connectivity index (χ4v) is 1.90. The summed E-state index contributed by atoms with van der Waals surface area (Å²) >= 11 is 0. The van der Waals surface area contributed by atoms with Gasteiger partial charge in [0.25, 0.3) is 0 Å². The smallest absolute Gasteiger partial charge is 0.422 e. The summed E-state index contributed by atoms with van der Waals surface area (Å²) in [4.78, 5) is 11.9. The van der Waals surface area contributed by atoms with E-state index in [1.165, 1.54) is 12.1 Å². The first kappa shape index (κ1) is 18.3. The van der Waals surface area contributed by atoms with E-state index in [-0.39, 0.29) is 11.7 Å². The van der Waals surface area contributed by atoms with Gasteiger partial charge in [0, 0.05) is 5.69 Å². The predicted molar refractivity (Wildman–Crippen MR) is 78.8 cm³/mol. The Kier molecular flexibility index (Phi) is 6.22. The molecular formula is C15H21F3N2O2. The van der Waals surface area contributed by atoms with E-state index in [4.69, 9.17) is 10.5 Å². The number of carbonyl (C=O) groups is 1. The molecule has 0 aliphatic carbocycles. The van der Waals surface area contributed by atoms with E-state index < -0.39 is 18.8 Å². The van der Waals surface area contributed by atoms with Crippen LogP contribution in [0.4, 0.5) is 18.9 Å². The third kappa shape index (κ3) is 6.34. The van der Waals surface area contributed by atoms with Gasteiger partial charge in [-0.1, -0.05) is 13.8 Å². The first-order valence-corrected chi connectivity index (χ1v) is 6.95. The van der Waals surface area contributed by atoms with E-state index in [2.05, 4.69) is 5.32 Å². The zero-order valence-corrected chi connectivity index (χ0v) is 12.8. The monoisotopic (exact) mass is 318 g/mol. The van der Waals surface area contributed by atoms with Gasteiger partial charge in [-0.05, 0) is 43.0 Å². The van der Waals surface area contributed by atoms with Crippen molar-refractivity contribution >= 4 is 11.6 Å². The van der Waals surface area contributed by atoms with Crippen LogP contribution in [0.2, 0.25) is 0 Å². The third-order valence-corrected chi connectivity index (χ3v) is 2.90. The van der Waals surface area contributed by atoms with Crippen molar-refractivity contribution in [3.8, 4) is 5.75 Å². The molecule has 1 aromatic rings. The number of carbonyl (C=O) groups excluding carboxylic acids is 1. The number of ether oxygens (including phenoxy) is 1. The van der Waals surface area contributed by atoms with Crippen molar-refractivity contribution in [3.63, 3.8) is 0 Å². The summed E-state index contributed by atoms with van der Waals surface area (Å²) in [5.74, 6) is 0.0968. The van der Waals surface area contributed by atoms with E-state index in [9.17, 15) is 18.0 Å². The van der Waals surface area contributed by atoms with Gasteiger partial charge >= 0.3 is 6.18 Å². The number of hydrogen-bond donors (Lipinski definition) is 2. The number of nitrogens with one attached hydrogen (secondary N) is 1. The number of alkyl halides is 3. The zero-order valence-electron chi connectivity index (χ0n) is 12.8. The molecule has 124 valence electrons. The Labute approximate surface area is 127 Å². The number of benzene rings is 1. The van der Waals surface area contributed by atoms with Gasteiger partial charge in [-0.25, -0.2) is 0 Å². The Hall–Kier alpha value is -1.76. The summed E-state index contributed by atoms with van der Waals surface area (Å²) in [7, 11) is 0. The lowest BCUT2D eigenvalue weighted by atomic mass is 10.0.